The number of nitrogens with one attached hydrogen (secondary N) is 2. The second-order valence-corrected chi connectivity index (χ2v) is 8.39. The number of rotatable bonds is 7. The lowest BCUT2D eigenvalue weighted by atomic mass is 9.86. The van der Waals surface area contributed by atoms with E-state index in [2.05, 4.69) is 21.9 Å². The number of hydrogen-bond acceptors (Lipinski definition) is 5. The summed E-state index contributed by atoms with van der Waals surface area (Å²) in [4.78, 5) is 32.8. The summed E-state index contributed by atoms with van der Waals surface area (Å²) >= 11 is 7.40. The molecule has 1 amide bonds. The Morgan fingerprint density at radius 3 is 2.87 bits per heavy atom. The number of anilines is 1. The molecule has 2 aromatic carbocycles. The van der Waals surface area contributed by atoms with Crippen LogP contribution in [0.4, 0.5) is 5.82 Å². The first-order chi connectivity index (χ1) is 15.0. The van der Waals surface area contributed by atoms with E-state index in [4.69, 9.17) is 16.3 Å². The largest absolute Gasteiger partial charge is 0.489 e. The van der Waals surface area contributed by atoms with Crippen LogP contribution in [-0.2, 0) is 10.5 Å². The third kappa shape index (κ3) is 4.84. The number of H-pyrrole nitrogens is 1. The van der Waals surface area contributed by atoms with Crippen LogP contribution in [0.3, 0.4) is 0 Å². The van der Waals surface area contributed by atoms with Crippen molar-refractivity contribution < 1.29 is 9.53 Å². The van der Waals surface area contributed by atoms with Crippen molar-refractivity contribution >= 4 is 35.1 Å². The average Bonchev–Trinajstić information content (AvgIpc) is 2.75. The fourth-order valence-corrected chi connectivity index (χ4v) is 4.53. The van der Waals surface area contributed by atoms with Crippen molar-refractivity contribution in [2.75, 3.05) is 11.9 Å². The zero-order chi connectivity index (χ0) is 21.8. The molecule has 1 unspecified atom stereocenters. The van der Waals surface area contributed by atoms with Gasteiger partial charge in [0.15, 0.2) is 5.16 Å². The van der Waals surface area contributed by atoms with E-state index in [0.717, 1.165) is 11.1 Å². The van der Waals surface area contributed by atoms with Crippen molar-refractivity contribution in [3.05, 3.63) is 93.3 Å². The monoisotopic (exact) mass is 453 g/mol. The number of benzene rings is 2. The first-order valence-electron chi connectivity index (χ1n) is 9.69. The fourth-order valence-electron chi connectivity index (χ4n) is 3.51. The van der Waals surface area contributed by atoms with Gasteiger partial charge in [0.25, 0.3) is 5.56 Å². The maximum atomic E-state index is 13.0. The molecule has 1 atom stereocenters. The molecule has 0 saturated carbocycles. The number of ether oxygens (including phenoxy) is 1. The highest BCUT2D eigenvalue weighted by atomic mass is 35.5. The van der Waals surface area contributed by atoms with E-state index >= 15 is 0 Å². The Bertz CT molecular complexity index is 1190. The van der Waals surface area contributed by atoms with Crippen LogP contribution in [-0.4, -0.2) is 22.5 Å². The van der Waals surface area contributed by atoms with E-state index in [-0.39, 0.29) is 23.7 Å². The lowest BCUT2D eigenvalue weighted by Crippen LogP contribution is -2.31. The summed E-state index contributed by atoms with van der Waals surface area (Å²) in [5.41, 5.74) is 1.93. The molecular weight excluding hydrogens is 434 g/mol. The van der Waals surface area contributed by atoms with E-state index < -0.39 is 5.92 Å². The summed E-state index contributed by atoms with van der Waals surface area (Å²) < 4.78 is 5.75. The molecule has 6 nitrogen and oxygen atoms in total. The van der Waals surface area contributed by atoms with Crippen molar-refractivity contribution in [3.63, 3.8) is 0 Å². The Morgan fingerprint density at radius 2 is 2.06 bits per heavy atom. The molecule has 0 radical (unpaired) electrons. The number of para-hydroxylation sites is 1. The number of carbonyl (C=O) groups excluding carboxylic acids is 1. The van der Waals surface area contributed by atoms with Crippen LogP contribution in [0.5, 0.6) is 5.75 Å². The molecule has 4 rings (SSSR count). The maximum absolute atomic E-state index is 13.0. The Morgan fingerprint density at radius 1 is 1.23 bits per heavy atom. The van der Waals surface area contributed by atoms with Gasteiger partial charge in [-0.15, -0.1) is 0 Å². The van der Waals surface area contributed by atoms with Crippen LogP contribution < -0.4 is 15.6 Å². The van der Waals surface area contributed by atoms with Gasteiger partial charge in [0.1, 0.15) is 18.2 Å². The molecule has 3 aromatic rings. The van der Waals surface area contributed by atoms with Gasteiger partial charge in [0.2, 0.25) is 5.91 Å². The third-order valence-corrected chi connectivity index (χ3v) is 6.02. The molecule has 31 heavy (non-hydrogen) atoms. The molecule has 1 aliphatic heterocycles. The summed E-state index contributed by atoms with van der Waals surface area (Å²) in [6.07, 6.45) is 1.79. The summed E-state index contributed by atoms with van der Waals surface area (Å²) in [7, 11) is 0. The number of carbonyl (C=O) groups is 1. The van der Waals surface area contributed by atoms with Crippen molar-refractivity contribution in [3.8, 4) is 5.75 Å². The van der Waals surface area contributed by atoms with Gasteiger partial charge in [-0.3, -0.25) is 9.59 Å². The van der Waals surface area contributed by atoms with E-state index in [1.807, 2.05) is 42.5 Å². The Labute approximate surface area is 188 Å². The second kappa shape index (κ2) is 9.41. The van der Waals surface area contributed by atoms with Gasteiger partial charge in [0, 0.05) is 28.7 Å². The van der Waals surface area contributed by atoms with Crippen LogP contribution in [0.2, 0.25) is 5.02 Å². The summed E-state index contributed by atoms with van der Waals surface area (Å²) in [5.74, 6) is 0.842. The van der Waals surface area contributed by atoms with Gasteiger partial charge in [-0.1, -0.05) is 66.3 Å². The zero-order valence-corrected chi connectivity index (χ0v) is 18.1. The van der Waals surface area contributed by atoms with Crippen molar-refractivity contribution in [1.29, 1.82) is 0 Å². The Balaban J connectivity index is 1.66. The van der Waals surface area contributed by atoms with E-state index in [9.17, 15) is 9.59 Å². The summed E-state index contributed by atoms with van der Waals surface area (Å²) in [6.45, 7) is 4.00. The van der Waals surface area contributed by atoms with E-state index in [1.165, 1.54) is 11.8 Å². The van der Waals surface area contributed by atoms with Gasteiger partial charge in [0.05, 0.1) is 5.56 Å². The minimum absolute atomic E-state index is 0.140. The number of amides is 1. The second-order valence-electron chi connectivity index (χ2n) is 6.99. The molecule has 8 heteroatoms. The predicted molar refractivity (Wildman–Crippen MR) is 123 cm³/mol. The normalized spacial score (nSPS) is 15.1. The van der Waals surface area contributed by atoms with Gasteiger partial charge in [-0.05, 0) is 23.8 Å². The fraction of sp³-hybridized carbons (Fsp3) is 0.174. The quantitative estimate of drug-likeness (QED) is 0.306. The molecule has 0 fully saturated rings. The lowest BCUT2D eigenvalue weighted by Gasteiger charge is -2.26. The number of halogens is 1. The van der Waals surface area contributed by atoms with Crippen molar-refractivity contribution in [1.82, 2.24) is 9.97 Å². The smallest absolute Gasteiger partial charge is 0.257 e. The zero-order valence-electron chi connectivity index (χ0n) is 16.6. The van der Waals surface area contributed by atoms with Crippen LogP contribution in [0.25, 0.3) is 0 Å². The third-order valence-electron chi connectivity index (χ3n) is 4.85. The van der Waals surface area contributed by atoms with Gasteiger partial charge in [-0.2, -0.15) is 0 Å². The number of hydrogen-bond donors (Lipinski definition) is 2. The average molecular weight is 454 g/mol. The highest BCUT2D eigenvalue weighted by molar-refractivity contribution is 7.98. The van der Waals surface area contributed by atoms with Gasteiger partial charge >= 0.3 is 0 Å². The standard InChI is InChI=1S/C23H20ClN3O3S/c1-2-10-30-18-9-4-3-8-16(18)17-12-19(28)25-21-20(17)22(29)27-23(26-21)31-13-14-6-5-7-15(24)11-14/h2-9,11,17H,1,10,12-13H2,(H2,25,26,27,28,29). The summed E-state index contributed by atoms with van der Waals surface area (Å²) in [5, 5.41) is 3.83. The van der Waals surface area contributed by atoms with E-state index in [1.54, 1.807) is 12.1 Å². The molecule has 1 aliphatic rings. The number of nitrogens with zero attached hydrogens (tertiary/aromatic N) is 1. The van der Waals surface area contributed by atoms with Crippen LogP contribution in [0, 0.1) is 0 Å². The Kier molecular flexibility index (Phi) is 6.44. The lowest BCUT2D eigenvalue weighted by molar-refractivity contribution is -0.116. The number of aromatic nitrogens is 2. The SMILES string of the molecule is C=CCOc1ccccc1C1CC(=O)Nc2nc(SCc3cccc(Cl)c3)[nH]c(=O)c21. The summed E-state index contributed by atoms with van der Waals surface area (Å²) in [6, 6.07) is 14.9. The maximum Gasteiger partial charge on any atom is 0.257 e. The number of thioether (sulfide) groups is 1. The highest BCUT2D eigenvalue weighted by Gasteiger charge is 2.32. The molecule has 158 valence electrons. The first-order valence-corrected chi connectivity index (χ1v) is 11.1. The van der Waals surface area contributed by atoms with Gasteiger partial charge < -0.3 is 15.0 Å². The van der Waals surface area contributed by atoms with Crippen LogP contribution in [0.15, 0.2) is 71.1 Å². The minimum atomic E-state index is -0.451. The number of aromatic amines is 1. The van der Waals surface area contributed by atoms with Crippen LogP contribution in [0.1, 0.15) is 29.0 Å². The van der Waals surface area contributed by atoms with E-state index in [0.29, 0.717) is 33.9 Å². The molecule has 2 heterocycles. The molecule has 0 spiro atoms. The first kappa shape index (κ1) is 21.2. The highest BCUT2D eigenvalue weighted by Crippen LogP contribution is 2.38. The molecule has 2 N–H and O–H groups in total. The molecule has 0 saturated heterocycles. The molecule has 0 bridgehead atoms. The number of fused-ring (bicyclic) bond motifs is 1. The van der Waals surface area contributed by atoms with Crippen LogP contribution >= 0.6 is 23.4 Å². The van der Waals surface area contributed by atoms with Crippen molar-refractivity contribution in [2.24, 2.45) is 0 Å². The molecule has 1 aromatic heterocycles. The minimum Gasteiger partial charge on any atom is -0.489 e. The van der Waals surface area contributed by atoms with Gasteiger partial charge in [-0.25, -0.2) is 4.98 Å². The topological polar surface area (TPSA) is 84.1 Å². The molecular formula is C23H20ClN3O3S. The Hall–Kier alpha value is -3.03. The molecule has 0 aliphatic carbocycles. The predicted octanol–water partition coefficient (Wildman–Crippen LogP) is 4.75. The van der Waals surface area contributed by atoms with Crippen molar-refractivity contribution in [2.45, 2.75) is 23.2 Å².